The smallest absolute Gasteiger partial charge is 0.225 e. The van der Waals surface area contributed by atoms with Crippen molar-refractivity contribution in [3.05, 3.63) is 24.5 Å². The van der Waals surface area contributed by atoms with E-state index in [9.17, 15) is 5.11 Å². The van der Waals surface area contributed by atoms with Gasteiger partial charge in [-0.05, 0) is 18.6 Å². The zero-order chi connectivity index (χ0) is 17.0. The Balaban J connectivity index is 1.48. The molecule has 2 atom stereocenters. The fraction of sp³-hybridized carbons (Fsp3) is 0.438. The quantitative estimate of drug-likeness (QED) is 0.681. The van der Waals surface area contributed by atoms with Gasteiger partial charge in [-0.3, -0.25) is 4.90 Å². The lowest BCUT2D eigenvalue weighted by atomic mass is 10.1. The van der Waals surface area contributed by atoms with Crippen molar-refractivity contribution >= 4 is 17.4 Å². The number of anilines is 2. The molecule has 9 heteroatoms. The lowest BCUT2D eigenvalue weighted by molar-refractivity contribution is 0.173. The number of nitrogens with two attached hydrogens (primary N) is 1. The number of nitrogen functional groups attached to an aromatic ring is 1. The van der Waals surface area contributed by atoms with Crippen LogP contribution >= 0.6 is 0 Å². The van der Waals surface area contributed by atoms with Crippen LogP contribution in [0.1, 0.15) is 6.42 Å². The van der Waals surface area contributed by atoms with Crippen molar-refractivity contribution in [1.82, 2.24) is 24.5 Å². The van der Waals surface area contributed by atoms with Gasteiger partial charge < -0.3 is 20.2 Å². The number of aliphatic hydroxyl groups excluding tert-OH is 1. The fourth-order valence-corrected chi connectivity index (χ4v) is 3.80. The molecule has 0 aromatic carbocycles. The van der Waals surface area contributed by atoms with E-state index in [1.807, 2.05) is 12.1 Å². The molecular weight excluding hydrogens is 322 g/mol. The molecule has 0 aliphatic carbocycles. The summed E-state index contributed by atoms with van der Waals surface area (Å²) in [6, 6.07) is 5.86. The molecule has 2 aliphatic rings. The van der Waals surface area contributed by atoms with E-state index in [2.05, 4.69) is 24.9 Å². The van der Waals surface area contributed by atoms with Crippen molar-refractivity contribution in [3.8, 4) is 11.6 Å². The molecular formula is C16H19N7O2. The van der Waals surface area contributed by atoms with Gasteiger partial charge in [-0.1, -0.05) is 0 Å². The molecule has 5 rings (SSSR count). The summed E-state index contributed by atoms with van der Waals surface area (Å²) in [6.07, 6.45) is 2.17. The number of piperazine rings is 1. The van der Waals surface area contributed by atoms with Gasteiger partial charge in [0.05, 0.1) is 12.4 Å². The van der Waals surface area contributed by atoms with Gasteiger partial charge in [-0.15, -0.1) is 5.10 Å². The molecule has 2 fully saturated rings. The summed E-state index contributed by atoms with van der Waals surface area (Å²) < 4.78 is 6.88. The number of aliphatic hydroxyl groups is 1. The summed E-state index contributed by atoms with van der Waals surface area (Å²) in [5, 5.41) is 14.2. The highest BCUT2D eigenvalue weighted by Crippen LogP contribution is 2.26. The first-order valence-electron chi connectivity index (χ1n) is 8.41. The van der Waals surface area contributed by atoms with Crippen molar-refractivity contribution < 1.29 is 9.52 Å². The molecule has 0 spiro atoms. The average molecular weight is 341 g/mol. The molecule has 0 radical (unpaired) electrons. The van der Waals surface area contributed by atoms with Crippen molar-refractivity contribution in [2.75, 3.05) is 36.8 Å². The molecule has 3 N–H and O–H groups in total. The average Bonchev–Trinajstić information content (AvgIpc) is 3.31. The van der Waals surface area contributed by atoms with Crippen molar-refractivity contribution in [2.24, 2.45) is 0 Å². The first kappa shape index (κ1) is 14.7. The van der Waals surface area contributed by atoms with Crippen molar-refractivity contribution in [3.63, 3.8) is 0 Å². The molecule has 2 saturated heterocycles. The topological polar surface area (TPSA) is 109 Å². The second kappa shape index (κ2) is 5.43. The second-order valence-corrected chi connectivity index (χ2v) is 6.64. The highest BCUT2D eigenvalue weighted by atomic mass is 16.3. The minimum Gasteiger partial charge on any atom is -0.461 e. The first-order chi connectivity index (χ1) is 12.2. The SMILES string of the molecule is Nc1nc(N2CCN3CC(O)CC3C2)cc2nc(-c3ccco3)nn12. The molecule has 130 valence electrons. The van der Waals surface area contributed by atoms with Crippen LogP contribution in [0, 0.1) is 0 Å². The Hall–Kier alpha value is -2.65. The largest absolute Gasteiger partial charge is 0.461 e. The standard InChI is InChI=1S/C16H19N7O2/c17-16-19-13(22-4-3-21-9-11(24)6-10(21)8-22)7-14-18-15(20-23(14)16)12-2-1-5-25-12/h1-2,5,7,10-11,24H,3-4,6,8-9H2,(H2,17,19). The Morgan fingerprint density at radius 2 is 2.16 bits per heavy atom. The van der Waals surface area contributed by atoms with E-state index in [0.29, 0.717) is 29.2 Å². The summed E-state index contributed by atoms with van der Waals surface area (Å²) in [7, 11) is 0. The molecule has 0 saturated carbocycles. The van der Waals surface area contributed by atoms with Gasteiger partial charge in [-0.2, -0.15) is 9.50 Å². The number of aromatic nitrogens is 4. The highest BCUT2D eigenvalue weighted by Gasteiger charge is 2.35. The highest BCUT2D eigenvalue weighted by molar-refractivity contribution is 5.59. The van der Waals surface area contributed by atoms with E-state index in [0.717, 1.165) is 38.4 Å². The first-order valence-corrected chi connectivity index (χ1v) is 8.41. The number of nitrogens with zero attached hydrogens (tertiary/aromatic N) is 6. The molecule has 2 unspecified atom stereocenters. The van der Waals surface area contributed by atoms with E-state index in [1.165, 1.54) is 4.52 Å². The zero-order valence-electron chi connectivity index (χ0n) is 13.6. The predicted molar refractivity (Wildman–Crippen MR) is 91.1 cm³/mol. The van der Waals surface area contributed by atoms with Crippen molar-refractivity contribution in [2.45, 2.75) is 18.6 Å². The molecule has 0 amide bonds. The number of fused-ring (bicyclic) bond motifs is 2. The molecule has 25 heavy (non-hydrogen) atoms. The van der Waals surface area contributed by atoms with Crippen LogP contribution < -0.4 is 10.6 Å². The maximum Gasteiger partial charge on any atom is 0.225 e. The van der Waals surface area contributed by atoms with Crippen LogP contribution in [-0.4, -0.2) is 67.9 Å². The van der Waals surface area contributed by atoms with Gasteiger partial charge in [-0.25, -0.2) is 4.98 Å². The van der Waals surface area contributed by atoms with Gasteiger partial charge in [0.15, 0.2) is 11.4 Å². The van der Waals surface area contributed by atoms with Crippen LogP contribution in [0.3, 0.4) is 0 Å². The third-order valence-corrected chi connectivity index (χ3v) is 5.00. The maximum atomic E-state index is 9.87. The zero-order valence-corrected chi connectivity index (χ0v) is 13.6. The Bertz CT molecular complexity index is 907. The molecule has 2 aliphatic heterocycles. The van der Waals surface area contributed by atoms with Gasteiger partial charge in [0.2, 0.25) is 11.8 Å². The summed E-state index contributed by atoms with van der Waals surface area (Å²) in [4.78, 5) is 13.6. The van der Waals surface area contributed by atoms with Crippen LogP contribution in [-0.2, 0) is 0 Å². The van der Waals surface area contributed by atoms with Crippen molar-refractivity contribution in [1.29, 1.82) is 0 Å². The summed E-state index contributed by atoms with van der Waals surface area (Å²) in [5.74, 6) is 2.17. The second-order valence-electron chi connectivity index (χ2n) is 6.64. The summed E-state index contributed by atoms with van der Waals surface area (Å²) in [5.41, 5.74) is 6.74. The molecule has 9 nitrogen and oxygen atoms in total. The third kappa shape index (κ3) is 2.43. The lowest BCUT2D eigenvalue weighted by Gasteiger charge is -2.37. The third-order valence-electron chi connectivity index (χ3n) is 5.00. The molecule has 5 heterocycles. The van der Waals surface area contributed by atoms with Crippen LogP contribution in [0.25, 0.3) is 17.2 Å². The number of furan rings is 1. The minimum atomic E-state index is -0.224. The van der Waals surface area contributed by atoms with Crippen LogP contribution in [0.5, 0.6) is 0 Å². The predicted octanol–water partition coefficient (Wildman–Crippen LogP) is 0.222. The number of rotatable bonds is 2. The molecule has 3 aromatic rings. The normalized spacial score (nSPS) is 24.1. The van der Waals surface area contributed by atoms with E-state index >= 15 is 0 Å². The Labute approximate surface area is 143 Å². The van der Waals surface area contributed by atoms with Gasteiger partial charge in [0.1, 0.15) is 5.82 Å². The lowest BCUT2D eigenvalue weighted by Crippen LogP contribution is -2.50. The Morgan fingerprint density at radius 1 is 1.24 bits per heavy atom. The summed E-state index contributed by atoms with van der Waals surface area (Å²) in [6.45, 7) is 3.37. The minimum absolute atomic E-state index is 0.224. The van der Waals surface area contributed by atoms with Gasteiger partial charge >= 0.3 is 0 Å². The van der Waals surface area contributed by atoms with Crippen LogP contribution in [0.15, 0.2) is 28.9 Å². The van der Waals surface area contributed by atoms with E-state index in [4.69, 9.17) is 10.2 Å². The number of hydrogen-bond acceptors (Lipinski definition) is 8. The Kier molecular flexibility index (Phi) is 3.19. The summed E-state index contributed by atoms with van der Waals surface area (Å²) >= 11 is 0. The van der Waals surface area contributed by atoms with Crippen LogP contribution in [0.4, 0.5) is 11.8 Å². The van der Waals surface area contributed by atoms with Crippen LogP contribution in [0.2, 0.25) is 0 Å². The number of hydrogen-bond donors (Lipinski definition) is 2. The van der Waals surface area contributed by atoms with Gasteiger partial charge in [0.25, 0.3) is 0 Å². The maximum absolute atomic E-state index is 9.87. The molecule has 0 bridgehead atoms. The van der Waals surface area contributed by atoms with Gasteiger partial charge in [0, 0.05) is 38.3 Å². The van der Waals surface area contributed by atoms with E-state index in [-0.39, 0.29) is 6.10 Å². The van der Waals surface area contributed by atoms with E-state index in [1.54, 1.807) is 12.3 Å². The molecule has 3 aromatic heterocycles. The monoisotopic (exact) mass is 341 g/mol. The Morgan fingerprint density at radius 3 is 3.00 bits per heavy atom. The van der Waals surface area contributed by atoms with E-state index < -0.39 is 0 Å². The fourth-order valence-electron chi connectivity index (χ4n) is 3.80.